The molecule has 2 N–H and O–H groups in total. The molecular weight excluding hydrogens is 605 g/mol. The monoisotopic (exact) mass is 630 g/mol. The maximum Gasteiger partial charge on any atom is 0.416 e. The smallest absolute Gasteiger partial charge is 0.363 e. The van der Waals surface area contributed by atoms with Crippen molar-refractivity contribution in [1.82, 2.24) is 29.5 Å². The Morgan fingerprint density at radius 1 is 1.14 bits per heavy atom. The molecule has 0 unspecified atom stereocenters. The Bertz CT molecular complexity index is 1930. The number of hydrogen-bond donors (Lipinski definition) is 2. The first-order valence-corrected chi connectivity index (χ1v) is 14.7. The van der Waals surface area contributed by atoms with Crippen LogP contribution in [-0.4, -0.2) is 56.2 Å². The lowest BCUT2D eigenvalue weighted by molar-refractivity contribution is -0.137. The number of halogens is 4. The van der Waals surface area contributed by atoms with Gasteiger partial charge in [0.25, 0.3) is 5.56 Å². The zero-order valence-electron chi connectivity index (χ0n) is 23.1. The molecule has 1 amide bonds. The first kappa shape index (κ1) is 29.1. The lowest BCUT2D eigenvalue weighted by Crippen LogP contribution is -2.47. The first-order valence-electron chi connectivity index (χ1n) is 13.6. The molecule has 0 atom stereocenters. The van der Waals surface area contributed by atoms with E-state index in [1.165, 1.54) is 4.52 Å². The molecule has 1 fully saturated rings. The molecule has 15 heteroatoms. The highest BCUT2D eigenvalue weighted by Gasteiger charge is 2.31. The van der Waals surface area contributed by atoms with Crippen molar-refractivity contribution < 1.29 is 18.0 Å². The van der Waals surface area contributed by atoms with E-state index in [1.807, 2.05) is 36.9 Å². The normalized spacial score (nSPS) is 14.1. The van der Waals surface area contributed by atoms with E-state index < -0.39 is 17.6 Å². The van der Waals surface area contributed by atoms with Crippen molar-refractivity contribution in [3.63, 3.8) is 0 Å². The molecule has 10 nitrogen and oxygen atoms in total. The fourth-order valence-electron chi connectivity index (χ4n) is 5.25. The summed E-state index contributed by atoms with van der Waals surface area (Å²) in [6.07, 6.45) is -4.16. The number of amides is 1. The summed E-state index contributed by atoms with van der Waals surface area (Å²) in [6.45, 7) is 6.06. The van der Waals surface area contributed by atoms with E-state index >= 15 is 0 Å². The number of alkyl halides is 3. The number of aryl methyl sites for hydroxylation is 1. The second-order valence-electron chi connectivity index (χ2n) is 10.1. The number of thiazole rings is 1. The van der Waals surface area contributed by atoms with E-state index in [1.54, 1.807) is 15.9 Å². The summed E-state index contributed by atoms with van der Waals surface area (Å²) in [5.41, 5.74) is 1.24. The van der Waals surface area contributed by atoms with Gasteiger partial charge in [-0.05, 0) is 49.7 Å². The molecule has 5 aromatic rings. The number of benzene rings is 2. The number of piperazine rings is 1. The Labute approximate surface area is 252 Å². The van der Waals surface area contributed by atoms with Crippen LogP contribution in [-0.2, 0) is 23.9 Å². The Kier molecular flexibility index (Phi) is 7.60. The Hall–Kier alpha value is -4.01. The van der Waals surface area contributed by atoms with E-state index in [0.29, 0.717) is 55.4 Å². The van der Waals surface area contributed by atoms with Crippen LogP contribution in [0.5, 0.6) is 0 Å². The number of nitrogens with zero attached hydrogens (tertiary/aromatic N) is 6. The topological polar surface area (TPSA) is 109 Å². The van der Waals surface area contributed by atoms with Crippen molar-refractivity contribution in [3.8, 4) is 11.4 Å². The second kappa shape index (κ2) is 11.2. The van der Waals surface area contributed by atoms with Crippen molar-refractivity contribution in [3.05, 3.63) is 68.0 Å². The molecule has 4 heterocycles. The van der Waals surface area contributed by atoms with Gasteiger partial charge in [0.15, 0.2) is 5.82 Å². The predicted molar refractivity (Wildman–Crippen MR) is 160 cm³/mol. The highest BCUT2D eigenvalue weighted by molar-refractivity contribution is 7.18. The van der Waals surface area contributed by atoms with E-state index in [4.69, 9.17) is 16.6 Å². The van der Waals surface area contributed by atoms with Gasteiger partial charge in [-0.2, -0.15) is 22.7 Å². The molecule has 1 aliphatic heterocycles. The quantitative estimate of drug-likeness (QED) is 0.279. The average molecular weight is 631 g/mol. The van der Waals surface area contributed by atoms with Crippen LogP contribution in [0.3, 0.4) is 0 Å². The molecule has 2 aromatic carbocycles. The molecule has 6 rings (SSSR count). The van der Waals surface area contributed by atoms with Gasteiger partial charge in [0, 0.05) is 31.7 Å². The number of anilines is 2. The third-order valence-electron chi connectivity index (χ3n) is 7.22. The van der Waals surface area contributed by atoms with E-state index in [-0.39, 0.29) is 28.6 Å². The summed E-state index contributed by atoms with van der Waals surface area (Å²) >= 11 is 7.66. The average Bonchev–Trinajstić information content (AvgIpc) is 3.58. The van der Waals surface area contributed by atoms with Gasteiger partial charge in [0.2, 0.25) is 11.7 Å². The number of carbonyl (C=O) groups is 1. The van der Waals surface area contributed by atoms with Gasteiger partial charge < -0.3 is 20.1 Å². The zero-order valence-corrected chi connectivity index (χ0v) is 24.7. The van der Waals surface area contributed by atoms with Crippen LogP contribution in [0.15, 0.2) is 41.2 Å². The highest BCUT2D eigenvalue weighted by Crippen LogP contribution is 2.34. The number of fused-ring (bicyclic) bond motifs is 2. The van der Waals surface area contributed by atoms with Crippen LogP contribution >= 0.6 is 22.9 Å². The Balaban J connectivity index is 1.44. The standard InChI is InChI=1S/C28H26ClF3N8O2S/c1-3-21-24(38-10-8-33-9-11-38)26(42)40-27(36-25(37-40)16-4-7-22-20(12-16)34-15(2)43-22)39(21)14-23(41)35-19-6-5-17(13-18(19)29)28(30,31)32/h4-7,12-13,33H,3,8-11,14H2,1-2H3,(H,35,41). The number of aromatic nitrogens is 5. The minimum absolute atomic E-state index is 0.0334. The van der Waals surface area contributed by atoms with E-state index in [9.17, 15) is 22.8 Å². The highest BCUT2D eigenvalue weighted by atomic mass is 35.5. The van der Waals surface area contributed by atoms with Crippen molar-refractivity contribution in [2.45, 2.75) is 33.0 Å². The molecule has 3 aromatic heterocycles. The van der Waals surface area contributed by atoms with Crippen LogP contribution in [0.2, 0.25) is 5.02 Å². The molecule has 0 spiro atoms. The molecular formula is C28H26ClF3N8O2S. The minimum Gasteiger partial charge on any atom is -0.363 e. The Morgan fingerprint density at radius 3 is 2.60 bits per heavy atom. The molecule has 43 heavy (non-hydrogen) atoms. The maximum absolute atomic E-state index is 13.9. The third kappa shape index (κ3) is 5.57. The summed E-state index contributed by atoms with van der Waals surface area (Å²) in [4.78, 5) is 38.5. The lowest BCUT2D eigenvalue weighted by atomic mass is 10.2. The molecule has 1 saturated heterocycles. The third-order valence-corrected chi connectivity index (χ3v) is 8.48. The van der Waals surface area contributed by atoms with Gasteiger partial charge in [0.05, 0.1) is 37.2 Å². The minimum atomic E-state index is -4.57. The SMILES string of the molecule is CCc1c(N2CCNCC2)c(=O)n2nc(-c3ccc4sc(C)nc4c3)nc2n1CC(=O)Nc1ccc(C(F)(F)F)cc1Cl. The van der Waals surface area contributed by atoms with Gasteiger partial charge >= 0.3 is 6.18 Å². The van der Waals surface area contributed by atoms with Crippen LogP contribution < -0.4 is 21.1 Å². The molecule has 0 saturated carbocycles. The second-order valence-corrected chi connectivity index (χ2v) is 11.7. The molecule has 1 aliphatic rings. The van der Waals surface area contributed by atoms with Crippen molar-refractivity contribution in [2.24, 2.45) is 0 Å². The van der Waals surface area contributed by atoms with Crippen LogP contribution in [0.4, 0.5) is 24.5 Å². The maximum atomic E-state index is 13.9. The molecule has 224 valence electrons. The fraction of sp³-hybridized carbons (Fsp3) is 0.321. The molecule has 0 aliphatic carbocycles. The van der Waals surface area contributed by atoms with Crippen LogP contribution in [0.25, 0.3) is 27.4 Å². The van der Waals surface area contributed by atoms with Gasteiger partial charge in [-0.15, -0.1) is 16.4 Å². The van der Waals surface area contributed by atoms with Gasteiger partial charge in [0.1, 0.15) is 12.2 Å². The Morgan fingerprint density at radius 2 is 1.91 bits per heavy atom. The van der Waals surface area contributed by atoms with Crippen molar-refractivity contribution in [2.75, 3.05) is 36.4 Å². The summed E-state index contributed by atoms with van der Waals surface area (Å²) in [7, 11) is 0. The summed E-state index contributed by atoms with van der Waals surface area (Å²) < 4.78 is 43.2. The summed E-state index contributed by atoms with van der Waals surface area (Å²) in [5.74, 6) is -0.0971. The molecule has 0 radical (unpaired) electrons. The summed E-state index contributed by atoms with van der Waals surface area (Å²) in [6, 6.07) is 8.38. The number of carbonyl (C=O) groups excluding carboxylic acids is 1. The largest absolute Gasteiger partial charge is 0.416 e. The first-order chi connectivity index (χ1) is 20.5. The van der Waals surface area contributed by atoms with Gasteiger partial charge in [-0.1, -0.05) is 18.5 Å². The van der Waals surface area contributed by atoms with E-state index in [0.717, 1.165) is 33.4 Å². The number of nitrogens with one attached hydrogen (secondary N) is 2. The predicted octanol–water partition coefficient (Wildman–Crippen LogP) is 4.76. The van der Waals surface area contributed by atoms with Crippen molar-refractivity contribution >= 4 is 56.2 Å². The summed E-state index contributed by atoms with van der Waals surface area (Å²) in [5, 5.41) is 11.1. The lowest BCUT2D eigenvalue weighted by Gasteiger charge is -2.31. The van der Waals surface area contributed by atoms with Crippen LogP contribution in [0, 0.1) is 6.92 Å². The van der Waals surface area contributed by atoms with E-state index in [2.05, 4.69) is 20.7 Å². The van der Waals surface area contributed by atoms with Gasteiger partial charge in [-0.3, -0.25) is 9.59 Å². The van der Waals surface area contributed by atoms with Crippen molar-refractivity contribution in [1.29, 1.82) is 0 Å². The number of rotatable bonds is 6. The number of hydrogen-bond acceptors (Lipinski definition) is 8. The fourth-order valence-corrected chi connectivity index (χ4v) is 6.28. The van der Waals surface area contributed by atoms with Gasteiger partial charge in [-0.25, -0.2) is 4.98 Å². The molecule has 0 bridgehead atoms. The van der Waals surface area contributed by atoms with Crippen LogP contribution in [0.1, 0.15) is 23.2 Å². The zero-order chi connectivity index (χ0) is 30.5.